The molecule has 1 unspecified atom stereocenters. The number of methoxy groups -OCH3 is 2. The molecule has 0 aliphatic carbocycles. The Kier molecular flexibility index (Phi) is 7.15. The predicted octanol–water partition coefficient (Wildman–Crippen LogP) is 1.94. The van der Waals surface area contributed by atoms with Crippen LogP contribution in [-0.2, 0) is 0 Å². The molecule has 1 amide bonds. The molecule has 8 heteroatoms. The maximum atomic E-state index is 12.3. The number of carbonyl (C=O) groups is 1. The smallest absolute Gasteiger partial charge is 0.269 e. The number of aromatic amines is 1. The molecule has 25 heavy (non-hydrogen) atoms. The van der Waals surface area contributed by atoms with Gasteiger partial charge in [-0.25, -0.2) is 0 Å². The van der Waals surface area contributed by atoms with Crippen LogP contribution in [0.5, 0.6) is 11.5 Å². The van der Waals surface area contributed by atoms with Crippen LogP contribution in [0.25, 0.3) is 11.3 Å². The number of carbonyl (C=O) groups excluding carboxylic acids is 1. The van der Waals surface area contributed by atoms with Crippen molar-refractivity contribution in [3.63, 3.8) is 0 Å². The summed E-state index contributed by atoms with van der Waals surface area (Å²) in [6.45, 7) is -0.100. The molecule has 136 valence electrons. The summed E-state index contributed by atoms with van der Waals surface area (Å²) >= 11 is 1.67. The van der Waals surface area contributed by atoms with Gasteiger partial charge in [-0.05, 0) is 42.7 Å². The zero-order valence-corrected chi connectivity index (χ0v) is 15.4. The highest BCUT2D eigenvalue weighted by Crippen LogP contribution is 2.32. The van der Waals surface area contributed by atoms with Gasteiger partial charge in [0.2, 0.25) is 0 Å². The highest BCUT2D eigenvalue weighted by molar-refractivity contribution is 7.98. The second-order valence-corrected chi connectivity index (χ2v) is 6.35. The first-order valence-corrected chi connectivity index (χ1v) is 9.20. The second kappa shape index (κ2) is 9.33. The third-order valence-electron chi connectivity index (χ3n) is 3.73. The Morgan fingerprint density at radius 2 is 2.16 bits per heavy atom. The van der Waals surface area contributed by atoms with Crippen molar-refractivity contribution >= 4 is 17.7 Å². The van der Waals surface area contributed by atoms with Crippen LogP contribution in [0, 0.1) is 0 Å². The zero-order valence-electron chi connectivity index (χ0n) is 14.5. The molecule has 0 aliphatic heterocycles. The van der Waals surface area contributed by atoms with E-state index in [1.54, 1.807) is 50.2 Å². The predicted molar refractivity (Wildman–Crippen MR) is 98.5 cm³/mol. The third kappa shape index (κ3) is 4.90. The first kappa shape index (κ1) is 19.1. The third-order valence-corrected chi connectivity index (χ3v) is 4.38. The number of H-pyrrole nitrogens is 1. The number of aliphatic hydroxyl groups excluding tert-OH is 1. The summed E-state index contributed by atoms with van der Waals surface area (Å²) < 4.78 is 10.6. The van der Waals surface area contributed by atoms with Crippen molar-refractivity contribution in [3.05, 3.63) is 30.0 Å². The fraction of sp³-hybridized carbons (Fsp3) is 0.412. The minimum atomic E-state index is -0.305. The number of aromatic nitrogens is 2. The number of aliphatic hydroxyl groups is 1. The molecule has 1 atom stereocenters. The van der Waals surface area contributed by atoms with E-state index in [4.69, 9.17) is 9.47 Å². The lowest BCUT2D eigenvalue weighted by molar-refractivity contribution is 0.0910. The SMILES string of the molecule is COc1ccc(OC)c(-c2cc(C(=O)NC(CO)CCSC)[nH]n2)c1. The van der Waals surface area contributed by atoms with Gasteiger partial charge in [0.05, 0.1) is 32.6 Å². The molecule has 1 aromatic carbocycles. The summed E-state index contributed by atoms with van der Waals surface area (Å²) in [4.78, 5) is 12.3. The Labute approximate surface area is 151 Å². The van der Waals surface area contributed by atoms with Crippen LogP contribution in [0.4, 0.5) is 0 Å². The van der Waals surface area contributed by atoms with Gasteiger partial charge in [-0.15, -0.1) is 0 Å². The zero-order chi connectivity index (χ0) is 18.2. The van der Waals surface area contributed by atoms with Gasteiger partial charge < -0.3 is 19.9 Å². The van der Waals surface area contributed by atoms with Crippen molar-refractivity contribution in [1.29, 1.82) is 0 Å². The first-order chi connectivity index (χ1) is 12.1. The number of rotatable bonds is 9. The maximum absolute atomic E-state index is 12.3. The minimum Gasteiger partial charge on any atom is -0.497 e. The molecule has 7 nitrogen and oxygen atoms in total. The van der Waals surface area contributed by atoms with Crippen LogP contribution in [0.3, 0.4) is 0 Å². The van der Waals surface area contributed by atoms with Crippen molar-refractivity contribution in [2.75, 3.05) is 32.8 Å². The Bertz CT molecular complexity index is 705. The van der Waals surface area contributed by atoms with Crippen molar-refractivity contribution in [1.82, 2.24) is 15.5 Å². The number of ether oxygens (including phenoxy) is 2. The Balaban J connectivity index is 2.18. The van der Waals surface area contributed by atoms with E-state index in [2.05, 4.69) is 15.5 Å². The van der Waals surface area contributed by atoms with Gasteiger partial charge in [0, 0.05) is 5.56 Å². The van der Waals surface area contributed by atoms with Crippen LogP contribution in [0.15, 0.2) is 24.3 Å². The second-order valence-electron chi connectivity index (χ2n) is 5.37. The van der Waals surface area contributed by atoms with Gasteiger partial charge in [-0.3, -0.25) is 9.89 Å². The lowest BCUT2D eigenvalue weighted by Crippen LogP contribution is -2.38. The number of nitrogens with zero attached hydrogens (tertiary/aromatic N) is 1. The van der Waals surface area contributed by atoms with Gasteiger partial charge in [0.25, 0.3) is 5.91 Å². The summed E-state index contributed by atoms with van der Waals surface area (Å²) in [7, 11) is 3.15. The molecule has 0 saturated carbocycles. The molecule has 0 radical (unpaired) electrons. The van der Waals surface area contributed by atoms with Gasteiger partial charge in [-0.1, -0.05) is 0 Å². The van der Waals surface area contributed by atoms with E-state index in [0.717, 1.165) is 11.3 Å². The quantitative estimate of drug-likeness (QED) is 0.628. The van der Waals surface area contributed by atoms with Crippen molar-refractivity contribution < 1.29 is 19.4 Å². The van der Waals surface area contributed by atoms with Crippen molar-refractivity contribution in [2.45, 2.75) is 12.5 Å². The molecule has 0 bridgehead atoms. The molecule has 0 spiro atoms. The Morgan fingerprint density at radius 3 is 2.80 bits per heavy atom. The van der Waals surface area contributed by atoms with Crippen LogP contribution in [0.2, 0.25) is 0 Å². The molecule has 3 N–H and O–H groups in total. The standard InChI is InChI=1S/C17H23N3O4S/c1-23-12-4-5-16(24-2)13(8-12)14-9-15(20-19-14)17(22)18-11(10-21)6-7-25-3/h4-5,8-9,11,21H,6-7,10H2,1-3H3,(H,18,22)(H,19,20). The lowest BCUT2D eigenvalue weighted by atomic mass is 10.1. The molecule has 0 fully saturated rings. The van der Waals surface area contributed by atoms with E-state index < -0.39 is 0 Å². The van der Waals surface area contributed by atoms with E-state index in [1.165, 1.54) is 0 Å². The lowest BCUT2D eigenvalue weighted by Gasteiger charge is -2.14. The fourth-order valence-electron chi connectivity index (χ4n) is 2.32. The number of amides is 1. The molecule has 1 heterocycles. The summed E-state index contributed by atoms with van der Waals surface area (Å²) in [5.74, 6) is 1.86. The van der Waals surface area contributed by atoms with Crippen molar-refractivity contribution in [3.8, 4) is 22.8 Å². The maximum Gasteiger partial charge on any atom is 0.269 e. The monoisotopic (exact) mass is 365 g/mol. The Morgan fingerprint density at radius 1 is 1.36 bits per heavy atom. The molecule has 2 rings (SSSR count). The fourth-order valence-corrected chi connectivity index (χ4v) is 2.84. The number of benzene rings is 1. The highest BCUT2D eigenvalue weighted by atomic mass is 32.2. The van der Waals surface area contributed by atoms with Crippen LogP contribution in [-0.4, -0.2) is 60.1 Å². The normalized spacial score (nSPS) is 11.8. The molecular weight excluding hydrogens is 342 g/mol. The van der Waals surface area contributed by atoms with Gasteiger partial charge in [0.15, 0.2) is 0 Å². The highest BCUT2D eigenvalue weighted by Gasteiger charge is 2.17. The Hall–Kier alpha value is -2.19. The summed E-state index contributed by atoms with van der Waals surface area (Å²) in [6.07, 6.45) is 2.69. The number of thioether (sulfide) groups is 1. The molecule has 0 aliphatic rings. The molecule has 2 aromatic rings. The van der Waals surface area contributed by atoms with Crippen LogP contribution in [0.1, 0.15) is 16.9 Å². The van der Waals surface area contributed by atoms with E-state index in [0.29, 0.717) is 29.3 Å². The average Bonchev–Trinajstić information content (AvgIpc) is 3.14. The van der Waals surface area contributed by atoms with Gasteiger partial charge >= 0.3 is 0 Å². The van der Waals surface area contributed by atoms with Crippen molar-refractivity contribution in [2.24, 2.45) is 0 Å². The van der Waals surface area contributed by atoms with E-state index in [1.807, 2.05) is 6.26 Å². The topological polar surface area (TPSA) is 96.5 Å². The summed E-state index contributed by atoms with van der Waals surface area (Å²) in [6, 6.07) is 6.74. The number of nitrogens with one attached hydrogen (secondary N) is 2. The van der Waals surface area contributed by atoms with Gasteiger partial charge in [0.1, 0.15) is 17.2 Å². The van der Waals surface area contributed by atoms with E-state index >= 15 is 0 Å². The van der Waals surface area contributed by atoms with E-state index in [-0.39, 0.29) is 18.6 Å². The van der Waals surface area contributed by atoms with E-state index in [9.17, 15) is 9.90 Å². The molecular formula is C17H23N3O4S. The first-order valence-electron chi connectivity index (χ1n) is 7.81. The molecule has 1 aromatic heterocycles. The average molecular weight is 365 g/mol. The van der Waals surface area contributed by atoms with Gasteiger partial charge in [-0.2, -0.15) is 16.9 Å². The number of hydrogen-bond acceptors (Lipinski definition) is 6. The largest absolute Gasteiger partial charge is 0.497 e. The summed E-state index contributed by atoms with van der Waals surface area (Å²) in [5, 5.41) is 19.1. The molecule has 0 saturated heterocycles. The number of hydrogen-bond donors (Lipinski definition) is 3. The van der Waals surface area contributed by atoms with Crippen LogP contribution >= 0.6 is 11.8 Å². The minimum absolute atomic E-state index is 0.100. The summed E-state index contributed by atoms with van der Waals surface area (Å²) in [5.41, 5.74) is 1.62. The van der Waals surface area contributed by atoms with Crippen LogP contribution < -0.4 is 14.8 Å².